The summed E-state index contributed by atoms with van der Waals surface area (Å²) >= 11 is 0. The van der Waals surface area contributed by atoms with Gasteiger partial charge in [-0.1, -0.05) is 6.07 Å². The van der Waals surface area contributed by atoms with Crippen molar-refractivity contribution >= 4 is 15.7 Å². The number of nitro benzene ring substituents is 1. The molecule has 0 spiro atoms. The lowest BCUT2D eigenvalue weighted by Gasteiger charge is -2.28. The minimum absolute atomic E-state index is 0.0527. The zero-order valence-electron chi connectivity index (χ0n) is 10.4. The van der Waals surface area contributed by atoms with Gasteiger partial charge >= 0.3 is 5.69 Å². The third kappa shape index (κ3) is 2.65. The number of para-hydroxylation sites is 1. The number of halogens is 1. The third-order valence-electron chi connectivity index (χ3n) is 3.17. The Balaban J connectivity index is 2.45. The fraction of sp³-hybridized carbons (Fsp3) is 0.455. The van der Waals surface area contributed by atoms with Gasteiger partial charge in [0.1, 0.15) is 0 Å². The fourth-order valence-corrected chi connectivity index (χ4v) is 3.74. The van der Waals surface area contributed by atoms with Gasteiger partial charge in [0.25, 0.3) is 0 Å². The van der Waals surface area contributed by atoms with Gasteiger partial charge in [-0.3, -0.25) is 10.1 Å². The minimum Gasteiger partial charge on any atom is -0.393 e. The van der Waals surface area contributed by atoms with E-state index in [-0.39, 0.29) is 25.9 Å². The lowest BCUT2D eigenvalue weighted by Crippen LogP contribution is -2.40. The van der Waals surface area contributed by atoms with Crippen LogP contribution in [0.25, 0.3) is 0 Å². The molecule has 110 valence electrons. The van der Waals surface area contributed by atoms with Crippen molar-refractivity contribution < 1.29 is 22.8 Å². The Kier molecular flexibility index (Phi) is 4.02. The first-order chi connectivity index (χ1) is 9.34. The summed E-state index contributed by atoms with van der Waals surface area (Å²) in [6.45, 7) is 0.105. The van der Waals surface area contributed by atoms with E-state index in [9.17, 15) is 28.0 Å². The minimum atomic E-state index is -4.14. The highest BCUT2D eigenvalue weighted by Gasteiger charge is 2.35. The highest BCUT2D eigenvalue weighted by atomic mass is 32.2. The number of nitro groups is 1. The summed E-state index contributed by atoms with van der Waals surface area (Å²) in [6.07, 6.45) is -0.0750. The van der Waals surface area contributed by atoms with Gasteiger partial charge in [0, 0.05) is 13.1 Å². The number of benzene rings is 1. The highest BCUT2D eigenvalue weighted by molar-refractivity contribution is 7.89. The van der Waals surface area contributed by atoms with Gasteiger partial charge in [-0.25, -0.2) is 8.42 Å². The molecule has 20 heavy (non-hydrogen) atoms. The Bertz CT molecular complexity index is 626. The van der Waals surface area contributed by atoms with E-state index in [1.54, 1.807) is 0 Å². The maximum Gasteiger partial charge on any atom is 0.324 e. The number of sulfonamides is 1. The molecule has 7 nitrogen and oxygen atoms in total. The van der Waals surface area contributed by atoms with Crippen LogP contribution < -0.4 is 0 Å². The lowest BCUT2D eigenvalue weighted by molar-refractivity contribution is -0.390. The van der Waals surface area contributed by atoms with E-state index in [0.717, 1.165) is 22.5 Å². The van der Waals surface area contributed by atoms with Crippen molar-refractivity contribution in [1.29, 1.82) is 0 Å². The summed E-state index contributed by atoms with van der Waals surface area (Å²) in [6, 6.07) is 2.98. The molecule has 9 heteroatoms. The van der Waals surface area contributed by atoms with Gasteiger partial charge < -0.3 is 5.11 Å². The van der Waals surface area contributed by atoms with Gasteiger partial charge in [0.2, 0.25) is 15.8 Å². The molecule has 2 rings (SSSR count). The summed E-state index contributed by atoms with van der Waals surface area (Å²) in [5.74, 6) is -1.19. The summed E-state index contributed by atoms with van der Waals surface area (Å²) in [5.41, 5.74) is -1.04. The van der Waals surface area contributed by atoms with E-state index in [4.69, 9.17) is 0 Å². The average Bonchev–Trinajstić information content (AvgIpc) is 2.38. The molecule has 0 saturated carbocycles. The Hall–Kier alpha value is -1.58. The number of piperidine rings is 1. The molecule has 1 fully saturated rings. The van der Waals surface area contributed by atoms with Crippen LogP contribution in [-0.2, 0) is 10.0 Å². The van der Waals surface area contributed by atoms with Crippen molar-refractivity contribution in [3.05, 3.63) is 34.1 Å². The maximum atomic E-state index is 13.5. The highest BCUT2D eigenvalue weighted by Crippen LogP contribution is 2.30. The van der Waals surface area contributed by atoms with E-state index in [1.807, 2.05) is 0 Å². The lowest BCUT2D eigenvalue weighted by atomic mass is 10.1. The van der Waals surface area contributed by atoms with Crippen LogP contribution in [0.4, 0.5) is 10.1 Å². The molecule has 1 heterocycles. The van der Waals surface area contributed by atoms with Crippen molar-refractivity contribution in [1.82, 2.24) is 4.31 Å². The van der Waals surface area contributed by atoms with E-state index >= 15 is 0 Å². The van der Waals surface area contributed by atoms with Crippen LogP contribution in [0.15, 0.2) is 23.1 Å². The zero-order chi connectivity index (χ0) is 14.9. The number of hydrogen-bond acceptors (Lipinski definition) is 5. The molecule has 0 aliphatic carbocycles. The molecule has 1 aromatic carbocycles. The molecule has 0 aromatic heterocycles. The fourth-order valence-electron chi connectivity index (χ4n) is 2.10. The Morgan fingerprint density at radius 3 is 2.50 bits per heavy atom. The monoisotopic (exact) mass is 304 g/mol. The molecule has 0 radical (unpaired) electrons. The zero-order valence-corrected chi connectivity index (χ0v) is 11.2. The SMILES string of the molecule is O=[N+]([O-])c1c(F)cccc1S(=O)(=O)N1CCC(O)CC1. The molecule has 1 N–H and O–H groups in total. The Labute approximate surface area is 114 Å². The molecule has 0 atom stereocenters. The first-order valence-electron chi connectivity index (χ1n) is 5.95. The smallest absolute Gasteiger partial charge is 0.324 e. The Morgan fingerprint density at radius 1 is 1.35 bits per heavy atom. The van der Waals surface area contributed by atoms with Crippen LogP contribution in [0, 0.1) is 15.9 Å². The third-order valence-corrected chi connectivity index (χ3v) is 5.10. The van der Waals surface area contributed by atoms with E-state index in [0.29, 0.717) is 0 Å². The number of nitrogens with zero attached hydrogens (tertiary/aromatic N) is 2. The van der Waals surface area contributed by atoms with E-state index in [2.05, 4.69) is 0 Å². The molecule has 0 unspecified atom stereocenters. The molecule has 1 aliphatic rings. The predicted octanol–water partition coefficient (Wildman–Crippen LogP) is 0.879. The van der Waals surface area contributed by atoms with Crippen molar-refractivity contribution in [2.24, 2.45) is 0 Å². The van der Waals surface area contributed by atoms with Crippen LogP contribution >= 0.6 is 0 Å². The quantitative estimate of drug-likeness (QED) is 0.660. The molecule has 1 aromatic rings. The number of aliphatic hydroxyl groups is 1. The molecular weight excluding hydrogens is 291 g/mol. The van der Waals surface area contributed by atoms with Crippen molar-refractivity contribution in [2.75, 3.05) is 13.1 Å². The predicted molar refractivity (Wildman–Crippen MR) is 67.1 cm³/mol. The molecule has 1 saturated heterocycles. The number of aliphatic hydroxyl groups excluding tert-OH is 1. The topological polar surface area (TPSA) is 101 Å². The average molecular weight is 304 g/mol. The van der Waals surface area contributed by atoms with Crippen LogP contribution in [-0.4, -0.2) is 41.9 Å². The van der Waals surface area contributed by atoms with Crippen LogP contribution in [0.5, 0.6) is 0 Å². The van der Waals surface area contributed by atoms with Gasteiger partial charge in [-0.2, -0.15) is 8.70 Å². The van der Waals surface area contributed by atoms with Gasteiger partial charge in [0.05, 0.1) is 11.0 Å². The number of hydrogen-bond donors (Lipinski definition) is 1. The first-order valence-corrected chi connectivity index (χ1v) is 7.39. The second-order valence-electron chi connectivity index (χ2n) is 4.48. The number of rotatable bonds is 3. The summed E-state index contributed by atoms with van der Waals surface area (Å²) in [4.78, 5) is 9.17. The molecule has 1 aliphatic heterocycles. The van der Waals surface area contributed by atoms with Gasteiger partial charge in [-0.15, -0.1) is 0 Å². The van der Waals surface area contributed by atoms with E-state index < -0.39 is 37.5 Å². The van der Waals surface area contributed by atoms with Gasteiger partial charge in [-0.05, 0) is 25.0 Å². The summed E-state index contributed by atoms with van der Waals surface area (Å²) in [7, 11) is -4.14. The van der Waals surface area contributed by atoms with Crippen LogP contribution in [0.1, 0.15) is 12.8 Å². The normalized spacial score (nSPS) is 18.1. The van der Waals surface area contributed by atoms with Crippen molar-refractivity contribution in [2.45, 2.75) is 23.8 Å². The second kappa shape index (κ2) is 5.43. The van der Waals surface area contributed by atoms with Crippen LogP contribution in [0.2, 0.25) is 0 Å². The summed E-state index contributed by atoms with van der Waals surface area (Å²) in [5, 5.41) is 20.2. The molecule has 0 amide bonds. The summed E-state index contributed by atoms with van der Waals surface area (Å²) < 4.78 is 39.2. The molecular formula is C11H13FN2O5S. The van der Waals surface area contributed by atoms with Gasteiger partial charge in [0.15, 0.2) is 4.90 Å². The van der Waals surface area contributed by atoms with Crippen molar-refractivity contribution in [3.63, 3.8) is 0 Å². The van der Waals surface area contributed by atoms with Crippen molar-refractivity contribution in [3.8, 4) is 0 Å². The van der Waals surface area contributed by atoms with Crippen LogP contribution in [0.3, 0.4) is 0 Å². The second-order valence-corrected chi connectivity index (χ2v) is 6.39. The largest absolute Gasteiger partial charge is 0.393 e. The Morgan fingerprint density at radius 2 is 1.95 bits per heavy atom. The van der Waals surface area contributed by atoms with E-state index in [1.165, 1.54) is 0 Å². The molecule has 0 bridgehead atoms. The maximum absolute atomic E-state index is 13.5. The first kappa shape index (κ1) is 14.8. The standard InChI is InChI=1S/C11H13FN2O5S/c12-9-2-1-3-10(11(9)14(16)17)20(18,19)13-6-4-8(15)5-7-13/h1-3,8,15H,4-7H2.